The summed E-state index contributed by atoms with van der Waals surface area (Å²) in [7, 11) is 0. The third kappa shape index (κ3) is 2.38. The van der Waals surface area contributed by atoms with Crippen molar-refractivity contribution in [3.05, 3.63) is 57.6 Å². The molecule has 24 heavy (non-hydrogen) atoms. The molecule has 0 radical (unpaired) electrons. The monoisotopic (exact) mass is 386 g/mol. The predicted molar refractivity (Wildman–Crippen MR) is 97.5 cm³/mol. The summed E-state index contributed by atoms with van der Waals surface area (Å²) >= 11 is 3.49. The van der Waals surface area contributed by atoms with Gasteiger partial charge in [-0.25, -0.2) is 4.79 Å². The zero-order valence-electron chi connectivity index (χ0n) is 13.9. The molecular weight excluding hydrogens is 368 g/mol. The first-order valence-corrected chi connectivity index (χ1v) is 8.82. The fourth-order valence-electron chi connectivity index (χ4n) is 3.82. The molecule has 0 unspecified atom stereocenters. The molecule has 1 N–H and O–H groups in total. The third-order valence-corrected chi connectivity index (χ3v) is 5.19. The summed E-state index contributed by atoms with van der Waals surface area (Å²) in [5, 5.41) is 3.13. The molecule has 5 heteroatoms. The number of hydrogen-bond donors (Lipinski definition) is 1. The van der Waals surface area contributed by atoms with Crippen molar-refractivity contribution in [1.82, 2.24) is 5.32 Å². The first kappa shape index (κ1) is 15.5. The minimum absolute atomic E-state index is 0.0362. The van der Waals surface area contributed by atoms with Gasteiger partial charge in [0.15, 0.2) is 5.72 Å². The van der Waals surface area contributed by atoms with Crippen molar-refractivity contribution in [1.29, 1.82) is 0 Å². The lowest BCUT2D eigenvalue weighted by atomic mass is 9.90. The fourth-order valence-corrected chi connectivity index (χ4v) is 4.19. The van der Waals surface area contributed by atoms with Crippen LogP contribution in [0.3, 0.4) is 0 Å². The lowest BCUT2D eigenvalue weighted by molar-refractivity contribution is 0.0378. The van der Waals surface area contributed by atoms with Crippen LogP contribution in [-0.4, -0.2) is 11.8 Å². The predicted octanol–water partition coefficient (Wildman–Crippen LogP) is 4.84. The van der Waals surface area contributed by atoms with E-state index >= 15 is 0 Å². The average molecular weight is 387 g/mol. The summed E-state index contributed by atoms with van der Waals surface area (Å²) in [6, 6.07) is 11.9. The van der Waals surface area contributed by atoms with Crippen LogP contribution in [0, 0.1) is 13.8 Å². The number of ether oxygens (including phenoxy) is 1. The number of halogens is 1. The van der Waals surface area contributed by atoms with Gasteiger partial charge in [0.1, 0.15) is 5.75 Å². The molecule has 0 saturated carbocycles. The van der Waals surface area contributed by atoms with Gasteiger partial charge in [0.05, 0.1) is 6.04 Å². The Kier molecular flexibility index (Phi) is 3.39. The molecule has 2 atom stereocenters. The summed E-state index contributed by atoms with van der Waals surface area (Å²) in [6.45, 7) is 6.07. The number of rotatable bonds is 1. The molecule has 4 nitrogen and oxygen atoms in total. The van der Waals surface area contributed by atoms with E-state index in [0.29, 0.717) is 6.42 Å². The van der Waals surface area contributed by atoms with Crippen molar-refractivity contribution in [2.45, 2.75) is 39.0 Å². The van der Waals surface area contributed by atoms with E-state index < -0.39 is 5.72 Å². The van der Waals surface area contributed by atoms with Crippen LogP contribution in [0.15, 0.2) is 40.9 Å². The first-order valence-electron chi connectivity index (χ1n) is 8.03. The highest BCUT2D eigenvalue weighted by atomic mass is 79.9. The Morgan fingerprint density at radius 2 is 1.92 bits per heavy atom. The van der Waals surface area contributed by atoms with Gasteiger partial charge in [0.2, 0.25) is 0 Å². The Balaban J connectivity index is 1.82. The zero-order valence-corrected chi connectivity index (χ0v) is 15.5. The van der Waals surface area contributed by atoms with Crippen LogP contribution < -0.4 is 15.0 Å². The number of benzene rings is 2. The number of nitrogens with one attached hydrogen (secondary N) is 1. The molecule has 0 aliphatic carbocycles. The normalized spacial score (nSPS) is 24.9. The molecule has 124 valence electrons. The number of carbonyl (C=O) groups excluding carboxylic acids is 1. The zero-order chi connectivity index (χ0) is 17.1. The van der Waals surface area contributed by atoms with Crippen LogP contribution in [-0.2, 0) is 0 Å². The average Bonchev–Trinajstić information content (AvgIpc) is 2.46. The summed E-state index contributed by atoms with van der Waals surface area (Å²) in [5.41, 5.74) is 3.45. The van der Waals surface area contributed by atoms with E-state index in [2.05, 4.69) is 27.3 Å². The van der Waals surface area contributed by atoms with Crippen LogP contribution in [0.5, 0.6) is 5.75 Å². The molecule has 4 rings (SSSR count). The van der Waals surface area contributed by atoms with Crippen molar-refractivity contribution in [3.63, 3.8) is 0 Å². The van der Waals surface area contributed by atoms with E-state index in [9.17, 15) is 4.79 Å². The number of fused-ring (bicyclic) bond motifs is 4. The van der Waals surface area contributed by atoms with Gasteiger partial charge in [-0.3, -0.25) is 4.90 Å². The van der Waals surface area contributed by atoms with Gasteiger partial charge in [0, 0.05) is 22.1 Å². The number of amides is 2. The first-order chi connectivity index (χ1) is 11.4. The molecule has 2 bridgehead atoms. The quantitative estimate of drug-likeness (QED) is 0.761. The summed E-state index contributed by atoms with van der Waals surface area (Å²) in [4.78, 5) is 14.6. The van der Waals surface area contributed by atoms with E-state index in [0.717, 1.165) is 32.6 Å². The van der Waals surface area contributed by atoms with Crippen molar-refractivity contribution in [2.75, 3.05) is 4.90 Å². The highest BCUT2D eigenvalue weighted by Gasteiger charge is 2.49. The lowest BCUT2D eigenvalue weighted by Crippen LogP contribution is -2.65. The largest absolute Gasteiger partial charge is 0.467 e. The van der Waals surface area contributed by atoms with Crippen molar-refractivity contribution < 1.29 is 9.53 Å². The van der Waals surface area contributed by atoms with Gasteiger partial charge in [0.25, 0.3) is 0 Å². The molecular formula is C19H19BrN2O2. The minimum Gasteiger partial charge on any atom is -0.467 e. The van der Waals surface area contributed by atoms with Crippen LogP contribution in [0.1, 0.15) is 36.1 Å². The molecule has 0 spiro atoms. The number of urea groups is 1. The Bertz CT molecular complexity index is 831. The molecule has 2 amide bonds. The highest BCUT2D eigenvalue weighted by Crippen LogP contribution is 2.46. The summed E-state index contributed by atoms with van der Waals surface area (Å²) in [6.07, 6.45) is 0.704. The molecule has 1 fully saturated rings. The Labute approximate surface area is 149 Å². The maximum absolute atomic E-state index is 12.9. The second-order valence-electron chi connectivity index (χ2n) is 6.85. The Morgan fingerprint density at radius 3 is 2.62 bits per heavy atom. The summed E-state index contributed by atoms with van der Waals surface area (Å²) < 4.78 is 7.29. The van der Waals surface area contributed by atoms with Crippen LogP contribution in [0.2, 0.25) is 0 Å². The maximum atomic E-state index is 12.9. The standard InChI is InChI=1S/C19H19BrN2O2/c1-11-6-12(2)8-14(7-11)22-18(23)21-16-10-19(22,3)24-17-5-4-13(20)9-15(16)17/h4-9,16H,10H2,1-3H3,(H,21,23)/t16-,19-/m0/s1. The molecule has 2 aromatic carbocycles. The smallest absolute Gasteiger partial charge is 0.325 e. The van der Waals surface area contributed by atoms with Gasteiger partial charge in [-0.05, 0) is 62.2 Å². The van der Waals surface area contributed by atoms with E-state index in [1.165, 1.54) is 0 Å². The van der Waals surface area contributed by atoms with Crippen LogP contribution in [0.4, 0.5) is 10.5 Å². The minimum atomic E-state index is -0.700. The van der Waals surface area contributed by atoms with Crippen molar-refractivity contribution in [3.8, 4) is 5.75 Å². The second-order valence-corrected chi connectivity index (χ2v) is 7.76. The van der Waals surface area contributed by atoms with Crippen molar-refractivity contribution in [2.24, 2.45) is 0 Å². The van der Waals surface area contributed by atoms with Crippen LogP contribution >= 0.6 is 15.9 Å². The van der Waals surface area contributed by atoms with Gasteiger partial charge < -0.3 is 10.1 Å². The van der Waals surface area contributed by atoms with E-state index in [-0.39, 0.29) is 12.1 Å². The topological polar surface area (TPSA) is 41.6 Å². The van der Waals surface area contributed by atoms with E-state index in [1.54, 1.807) is 4.90 Å². The van der Waals surface area contributed by atoms with Gasteiger partial charge in [-0.15, -0.1) is 0 Å². The molecule has 2 heterocycles. The Hall–Kier alpha value is -2.01. The molecule has 2 aromatic rings. The molecule has 2 aliphatic rings. The number of nitrogens with zero attached hydrogens (tertiary/aromatic N) is 1. The van der Waals surface area contributed by atoms with Gasteiger partial charge >= 0.3 is 6.03 Å². The van der Waals surface area contributed by atoms with E-state index in [4.69, 9.17) is 4.74 Å². The maximum Gasteiger partial charge on any atom is 0.325 e. The second kappa shape index (κ2) is 5.24. The van der Waals surface area contributed by atoms with Crippen LogP contribution in [0.25, 0.3) is 0 Å². The highest BCUT2D eigenvalue weighted by molar-refractivity contribution is 9.10. The molecule has 1 saturated heterocycles. The Morgan fingerprint density at radius 1 is 1.21 bits per heavy atom. The number of aryl methyl sites for hydroxylation is 2. The van der Waals surface area contributed by atoms with Gasteiger partial charge in [-0.2, -0.15) is 0 Å². The fraction of sp³-hybridized carbons (Fsp3) is 0.316. The number of carbonyl (C=O) groups is 1. The number of hydrogen-bond acceptors (Lipinski definition) is 2. The van der Waals surface area contributed by atoms with E-state index in [1.807, 2.05) is 51.1 Å². The van der Waals surface area contributed by atoms with Gasteiger partial charge in [-0.1, -0.05) is 22.0 Å². The summed E-state index contributed by atoms with van der Waals surface area (Å²) in [5.74, 6) is 0.825. The lowest BCUT2D eigenvalue weighted by Gasteiger charge is -2.50. The third-order valence-electron chi connectivity index (χ3n) is 4.70. The molecule has 0 aromatic heterocycles. The molecule has 2 aliphatic heterocycles. The van der Waals surface area contributed by atoms with Crippen molar-refractivity contribution >= 4 is 27.6 Å². The SMILES string of the molecule is Cc1cc(C)cc(N2C(=O)N[C@H]3C[C@]2(C)Oc2ccc(Br)cc23)c1. The number of anilines is 1.